The second kappa shape index (κ2) is 8.76. The van der Waals surface area contributed by atoms with Crippen molar-refractivity contribution in [2.24, 2.45) is 5.92 Å². The number of pyridine rings is 1. The van der Waals surface area contributed by atoms with E-state index in [4.69, 9.17) is 0 Å². The zero-order valence-corrected chi connectivity index (χ0v) is 17.0. The minimum atomic E-state index is -0.0423. The molecular weight excluding hydrogens is 366 g/mol. The summed E-state index contributed by atoms with van der Waals surface area (Å²) in [6.07, 6.45) is 10.3. The Hall–Kier alpha value is -2.70. The number of carbonyl (C=O) groups is 2. The van der Waals surface area contributed by atoms with Gasteiger partial charge in [0.25, 0.3) is 5.91 Å². The maximum Gasteiger partial charge on any atom is 0.274 e. The Morgan fingerprint density at radius 1 is 1.21 bits per heavy atom. The number of rotatable bonds is 6. The van der Waals surface area contributed by atoms with Crippen LogP contribution in [0.4, 0.5) is 0 Å². The lowest BCUT2D eigenvalue weighted by Crippen LogP contribution is -2.53. The molecule has 0 bridgehead atoms. The van der Waals surface area contributed by atoms with Gasteiger partial charge in [-0.1, -0.05) is 12.5 Å². The van der Waals surface area contributed by atoms with Crippen LogP contribution in [0.15, 0.2) is 36.8 Å². The Labute approximate surface area is 171 Å². The van der Waals surface area contributed by atoms with Crippen LogP contribution < -0.4 is 0 Å². The normalized spacial score (nSPS) is 19.6. The molecule has 2 aliphatic rings. The standard InChI is InChI=1S/C22H29N5O2/c1-2-26-13-10-20(24-26)22(29)25-12-5-9-19(16-25)27(21(28)18-7-3-8-18)15-17-6-4-11-23-14-17/h4,6,10-11,13-14,18-19H,2-3,5,7-9,12,15-16H2,1H3. The molecule has 154 valence electrons. The van der Waals surface area contributed by atoms with Crippen LogP contribution in [0.3, 0.4) is 0 Å². The molecule has 2 aromatic heterocycles. The van der Waals surface area contributed by atoms with Gasteiger partial charge in [-0.25, -0.2) is 0 Å². The third kappa shape index (κ3) is 4.33. The number of aryl methyl sites for hydroxylation is 1. The van der Waals surface area contributed by atoms with Crippen LogP contribution in [0.1, 0.15) is 55.1 Å². The average Bonchev–Trinajstić information content (AvgIpc) is 3.20. The third-order valence-corrected chi connectivity index (χ3v) is 6.12. The third-order valence-electron chi connectivity index (χ3n) is 6.12. The first kappa shape index (κ1) is 19.6. The molecular formula is C22H29N5O2. The van der Waals surface area contributed by atoms with Crippen molar-refractivity contribution in [1.82, 2.24) is 24.6 Å². The average molecular weight is 396 g/mol. The minimum absolute atomic E-state index is 0.0364. The van der Waals surface area contributed by atoms with Gasteiger partial charge in [0.05, 0.1) is 0 Å². The number of nitrogens with zero attached hydrogens (tertiary/aromatic N) is 5. The molecule has 4 rings (SSSR count). The zero-order valence-electron chi connectivity index (χ0n) is 17.0. The lowest BCUT2D eigenvalue weighted by molar-refractivity contribution is -0.142. The molecule has 2 fully saturated rings. The van der Waals surface area contributed by atoms with Crippen molar-refractivity contribution in [3.05, 3.63) is 48.0 Å². The van der Waals surface area contributed by atoms with Gasteiger partial charge >= 0.3 is 0 Å². The van der Waals surface area contributed by atoms with E-state index in [2.05, 4.69) is 10.1 Å². The summed E-state index contributed by atoms with van der Waals surface area (Å²) in [5, 5.41) is 4.36. The van der Waals surface area contributed by atoms with Gasteiger partial charge in [-0.15, -0.1) is 0 Å². The van der Waals surface area contributed by atoms with E-state index in [-0.39, 0.29) is 23.8 Å². The van der Waals surface area contributed by atoms with Gasteiger partial charge in [-0.3, -0.25) is 19.3 Å². The molecule has 1 aliphatic carbocycles. The molecule has 0 aromatic carbocycles. The number of likely N-dealkylation sites (tertiary alicyclic amines) is 1. The molecule has 1 unspecified atom stereocenters. The number of hydrogen-bond acceptors (Lipinski definition) is 4. The molecule has 7 heteroatoms. The van der Waals surface area contributed by atoms with Gasteiger partial charge in [-0.05, 0) is 50.3 Å². The highest BCUT2D eigenvalue weighted by Crippen LogP contribution is 2.31. The second-order valence-electron chi connectivity index (χ2n) is 8.06. The summed E-state index contributed by atoms with van der Waals surface area (Å²) in [4.78, 5) is 34.2. The van der Waals surface area contributed by atoms with Crippen molar-refractivity contribution in [2.45, 2.75) is 58.2 Å². The number of carbonyl (C=O) groups excluding carboxylic acids is 2. The van der Waals surface area contributed by atoms with E-state index in [9.17, 15) is 9.59 Å². The molecule has 1 saturated carbocycles. The first-order chi connectivity index (χ1) is 14.2. The number of aromatic nitrogens is 3. The molecule has 2 amide bonds. The van der Waals surface area contributed by atoms with Gasteiger partial charge in [0.15, 0.2) is 0 Å². The van der Waals surface area contributed by atoms with Crippen LogP contribution in [0, 0.1) is 5.92 Å². The summed E-state index contributed by atoms with van der Waals surface area (Å²) in [6.45, 7) is 4.58. The largest absolute Gasteiger partial charge is 0.335 e. The number of piperidine rings is 1. The number of hydrogen-bond donors (Lipinski definition) is 0. The molecule has 1 atom stereocenters. The predicted molar refractivity (Wildman–Crippen MR) is 109 cm³/mol. The minimum Gasteiger partial charge on any atom is -0.335 e. The molecule has 29 heavy (non-hydrogen) atoms. The Morgan fingerprint density at radius 3 is 2.72 bits per heavy atom. The van der Waals surface area contributed by atoms with E-state index in [0.29, 0.717) is 25.3 Å². The molecule has 7 nitrogen and oxygen atoms in total. The van der Waals surface area contributed by atoms with Gasteiger partial charge in [0, 0.05) is 56.7 Å². The van der Waals surface area contributed by atoms with E-state index in [1.54, 1.807) is 16.9 Å². The predicted octanol–water partition coefficient (Wildman–Crippen LogP) is 2.73. The molecule has 1 saturated heterocycles. The van der Waals surface area contributed by atoms with Gasteiger partial charge in [0.1, 0.15) is 5.69 Å². The maximum atomic E-state index is 13.2. The van der Waals surface area contributed by atoms with Gasteiger partial charge < -0.3 is 9.80 Å². The van der Waals surface area contributed by atoms with Crippen LogP contribution in [0.5, 0.6) is 0 Å². The van der Waals surface area contributed by atoms with Crippen molar-refractivity contribution in [3.8, 4) is 0 Å². The SMILES string of the molecule is CCn1ccc(C(=O)N2CCCC(N(Cc3cccnc3)C(=O)C3CCC3)C2)n1. The van der Waals surface area contributed by atoms with E-state index in [1.807, 2.05) is 41.2 Å². The summed E-state index contributed by atoms with van der Waals surface area (Å²) in [7, 11) is 0. The highest BCUT2D eigenvalue weighted by Gasteiger charge is 2.36. The zero-order chi connectivity index (χ0) is 20.2. The fraction of sp³-hybridized carbons (Fsp3) is 0.545. The molecule has 0 spiro atoms. The van der Waals surface area contributed by atoms with Gasteiger partial charge in [-0.2, -0.15) is 5.10 Å². The second-order valence-corrected chi connectivity index (χ2v) is 8.06. The van der Waals surface area contributed by atoms with Crippen LogP contribution in [0.2, 0.25) is 0 Å². The maximum absolute atomic E-state index is 13.2. The monoisotopic (exact) mass is 395 g/mol. The van der Waals surface area contributed by atoms with Crippen LogP contribution in [-0.2, 0) is 17.9 Å². The van der Waals surface area contributed by atoms with E-state index < -0.39 is 0 Å². The Balaban J connectivity index is 1.50. The van der Waals surface area contributed by atoms with Crippen molar-refractivity contribution < 1.29 is 9.59 Å². The van der Waals surface area contributed by atoms with Crippen LogP contribution >= 0.6 is 0 Å². The number of amides is 2. The lowest BCUT2D eigenvalue weighted by Gasteiger charge is -2.41. The quantitative estimate of drug-likeness (QED) is 0.754. The Morgan fingerprint density at radius 2 is 2.07 bits per heavy atom. The smallest absolute Gasteiger partial charge is 0.274 e. The Bertz CT molecular complexity index is 846. The van der Waals surface area contributed by atoms with Crippen LogP contribution in [0.25, 0.3) is 0 Å². The summed E-state index contributed by atoms with van der Waals surface area (Å²) in [6, 6.07) is 5.73. The summed E-state index contributed by atoms with van der Waals surface area (Å²) in [5.74, 6) is 0.326. The lowest BCUT2D eigenvalue weighted by atomic mass is 9.83. The summed E-state index contributed by atoms with van der Waals surface area (Å²) in [5.41, 5.74) is 1.52. The van der Waals surface area contributed by atoms with Crippen molar-refractivity contribution in [2.75, 3.05) is 13.1 Å². The highest BCUT2D eigenvalue weighted by molar-refractivity contribution is 5.92. The molecule has 0 N–H and O–H groups in total. The molecule has 1 aliphatic heterocycles. The summed E-state index contributed by atoms with van der Waals surface area (Å²) < 4.78 is 1.77. The topological polar surface area (TPSA) is 71.3 Å². The fourth-order valence-electron chi connectivity index (χ4n) is 4.17. The van der Waals surface area contributed by atoms with Crippen LogP contribution in [-0.4, -0.2) is 55.5 Å². The van der Waals surface area contributed by atoms with E-state index >= 15 is 0 Å². The summed E-state index contributed by atoms with van der Waals surface area (Å²) >= 11 is 0. The highest BCUT2D eigenvalue weighted by atomic mass is 16.2. The molecule has 0 radical (unpaired) electrons. The van der Waals surface area contributed by atoms with Gasteiger partial charge in [0.2, 0.25) is 5.91 Å². The first-order valence-electron chi connectivity index (χ1n) is 10.7. The van der Waals surface area contributed by atoms with Crippen molar-refractivity contribution in [1.29, 1.82) is 0 Å². The van der Waals surface area contributed by atoms with E-state index in [1.165, 1.54) is 0 Å². The fourth-order valence-corrected chi connectivity index (χ4v) is 4.17. The first-order valence-corrected chi connectivity index (χ1v) is 10.7. The Kier molecular flexibility index (Phi) is 5.92. The molecule has 3 heterocycles. The van der Waals surface area contributed by atoms with Crippen molar-refractivity contribution >= 4 is 11.8 Å². The van der Waals surface area contributed by atoms with E-state index in [0.717, 1.165) is 44.2 Å². The molecule has 2 aromatic rings. The van der Waals surface area contributed by atoms with Crippen molar-refractivity contribution in [3.63, 3.8) is 0 Å².